The van der Waals surface area contributed by atoms with Crippen molar-refractivity contribution in [3.8, 4) is 0 Å². The number of hydrogen-bond acceptors (Lipinski definition) is 2. The summed E-state index contributed by atoms with van der Waals surface area (Å²) in [6, 6.07) is 0.674. The summed E-state index contributed by atoms with van der Waals surface area (Å²) in [6.45, 7) is 12.5. The van der Waals surface area contributed by atoms with Crippen LogP contribution < -0.4 is 5.32 Å². The monoisotopic (exact) mass is 200 g/mol. The third kappa shape index (κ3) is 8.52. The van der Waals surface area contributed by atoms with Crippen LogP contribution in [0.4, 0.5) is 0 Å². The first-order chi connectivity index (χ1) is 6.56. The summed E-state index contributed by atoms with van der Waals surface area (Å²) in [5.74, 6) is 0.784. The Balaban J connectivity index is 3.34. The lowest BCUT2D eigenvalue weighted by Gasteiger charge is -2.20. The quantitative estimate of drug-likeness (QED) is 0.647. The maximum atomic E-state index is 3.44. The summed E-state index contributed by atoms with van der Waals surface area (Å²) in [5, 5.41) is 3.44. The van der Waals surface area contributed by atoms with E-state index in [2.05, 4.69) is 45.0 Å². The number of hydrogen-bond donors (Lipinski definition) is 1. The standard InChI is InChI=1S/C12H28N2/c1-6-13-12(4)8-7-9-14(5)10-11(2)3/h11-13H,6-10H2,1-5H3. The van der Waals surface area contributed by atoms with Crippen LogP contribution in [0.25, 0.3) is 0 Å². The molecule has 2 nitrogen and oxygen atoms in total. The highest BCUT2D eigenvalue weighted by Crippen LogP contribution is 2.01. The maximum Gasteiger partial charge on any atom is 0.00390 e. The van der Waals surface area contributed by atoms with Gasteiger partial charge >= 0.3 is 0 Å². The van der Waals surface area contributed by atoms with Crippen LogP contribution in [0.15, 0.2) is 0 Å². The molecule has 0 aromatic carbocycles. The summed E-state index contributed by atoms with van der Waals surface area (Å²) in [4.78, 5) is 2.43. The molecule has 0 fully saturated rings. The van der Waals surface area contributed by atoms with E-state index in [1.807, 2.05) is 0 Å². The third-order valence-electron chi connectivity index (χ3n) is 2.41. The molecule has 0 aliphatic rings. The van der Waals surface area contributed by atoms with Crippen molar-refractivity contribution in [1.82, 2.24) is 10.2 Å². The highest BCUT2D eigenvalue weighted by Gasteiger charge is 2.03. The Hall–Kier alpha value is -0.0800. The minimum atomic E-state index is 0.674. The number of nitrogens with one attached hydrogen (secondary N) is 1. The predicted molar refractivity (Wildman–Crippen MR) is 64.7 cm³/mol. The van der Waals surface area contributed by atoms with E-state index in [1.165, 1.54) is 25.9 Å². The Kier molecular flexibility index (Phi) is 8.20. The van der Waals surface area contributed by atoms with E-state index < -0.39 is 0 Å². The topological polar surface area (TPSA) is 15.3 Å². The van der Waals surface area contributed by atoms with Crippen molar-refractivity contribution in [2.45, 2.75) is 46.6 Å². The molecule has 1 atom stereocenters. The molecule has 0 saturated carbocycles. The first-order valence-electron chi connectivity index (χ1n) is 5.98. The van der Waals surface area contributed by atoms with Gasteiger partial charge in [0.15, 0.2) is 0 Å². The molecule has 1 unspecified atom stereocenters. The minimum Gasteiger partial charge on any atom is -0.315 e. The Morgan fingerprint density at radius 1 is 1.21 bits per heavy atom. The molecule has 2 heteroatoms. The minimum absolute atomic E-state index is 0.674. The first kappa shape index (κ1) is 13.9. The van der Waals surface area contributed by atoms with Gasteiger partial charge in [-0.05, 0) is 45.8 Å². The van der Waals surface area contributed by atoms with E-state index in [9.17, 15) is 0 Å². The van der Waals surface area contributed by atoms with Gasteiger partial charge in [0.25, 0.3) is 0 Å². The normalized spacial score (nSPS) is 13.9. The van der Waals surface area contributed by atoms with Gasteiger partial charge < -0.3 is 10.2 Å². The van der Waals surface area contributed by atoms with E-state index >= 15 is 0 Å². The van der Waals surface area contributed by atoms with E-state index in [4.69, 9.17) is 0 Å². The number of rotatable bonds is 8. The average Bonchev–Trinajstić information content (AvgIpc) is 2.02. The fraction of sp³-hybridized carbons (Fsp3) is 1.00. The van der Waals surface area contributed by atoms with Crippen molar-refractivity contribution in [3.05, 3.63) is 0 Å². The molecular weight excluding hydrogens is 172 g/mol. The van der Waals surface area contributed by atoms with E-state index in [-0.39, 0.29) is 0 Å². The molecule has 0 saturated heterocycles. The molecule has 0 bridgehead atoms. The second kappa shape index (κ2) is 8.25. The highest BCUT2D eigenvalue weighted by atomic mass is 15.1. The zero-order valence-corrected chi connectivity index (χ0v) is 10.6. The summed E-state index contributed by atoms with van der Waals surface area (Å²) < 4.78 is 0. The Labute approximate surface area is 90.1 Å². The van der Waals surface area contributed by atoms with Gasteiger partial charge in [-0.15, -0.1) is 0 Å². The fourth-order valence-electron chi connectivity index (χ4n) is 1.83. The lowest BCUT2D eigenvalue weighted by atomic mass is 10.1. The zero-order chi connectivity index (χ0) is 11.0. The van der Waals surface area contributed by atoms with Crippen LogP contribution in [0, 0.1) is 5.92 Å². The van der Waals surface area contributed by atoms with Crippen LogP contribution in [0.3, 0.4) is 0 Å². The SMILES string of the molecule is CCNC(C)CCCN(C)CC(C)C. The molecular formula is C12H28N2. The predicted octanol–water partition coefficient (Wildman–Crippen LogP) is 2.35. The zero-order valence-electron chi connectivity index (χ0n) is 10.6. The molecule has 0 rings (SSSR count). The van der Waals surface area contributed by atoms with Gasteiger partial charge in [0.1, 0.15) is 0 Å². The Bertz CT molecular complexity index is 123. The molecule has 0 aliphatic carbocycles. The van der Waals surface area contributed by atoms with Crippen molar-refractivity contribution in [2.24, 2.45) is 5.92 Å². The van der Waals surface area contributed by atoms with E-state index in [1.54, 1.807) is 0 Å². The second-order valence-corrected chi connectivity index (χ2v) is 4.76. The first-order valence-corrected chi connectivity index (χ1v) is 5.98. The summed E-state index contributed by atoms with van der Waals surface area (Å²) >= 11 is 0. The largest absolute Gasteiger partial charge is 0.315 e. The van der Waals surface area contributed by atoms with E-state index in [0.717, 1.165) is 12.5 Å². The van der Waals surface area contributed by atoms with Crippen LogP contribution in [-0.4, -0.2) is 37.6 Å². The van der Waals surface area contributed by atoms with Crippen LogP contribution in [-0.2, 0) is 0 Å². The molecule has 14 heavy (non-hydrogen) atoms. The molecule has 0 aromatic rings. The van der Waals surface area contributed by atoms with Gasteiger partial charge in [-0.2, -0.15) is 0 Å². The van der Waals surface area contributed by atoms with Gasteiger partial charge in [-0.1, -0.05) is 20.8 Å². The van der Waals surface area contributed by atoms with Crippen molar-refractivity contribution in [3.63, 3.8) is 0 Å². The third-order valence-corrected chi connectivity index (χ3v) is 2.41. The van der Waals surface area contributed by atoms with Gasteiger partial charge in [0, 0.05) is 12.6 Å². The molecule has 0 radical (unpaired) electrons. The fourth-order valence-corrected chi connectivity index (χ4v) is 1.83. The smallest absolute Gasteiger partial charge is 0.00390 e. The van der Waals surface area contributed by atoms with Crippen LogP contribution >= 0.6 is 0 Å². The van der Waals surface area contributed by atoms with Crippen LogP contribution in [0.5, 0.6) is 0 Å². The molecule has 86 valence electrons. The van der Waals surface area contributed by atoms with Crippen molar-refractivity contribution in [1.29, 1.82) is 0 Å². The van der Waals surface area contributed by atoms with Gasteiger partial charge in [-0.3, -0.25) is 0 Å². The summed E-state index contributed by atoms with van der Waals surface area (Å²) in [6.07, 6.45) is 2.59. The van der Waals surface area contributed by atoms with Crippen LogP contribution in [0.2, 0.25) is 0 Å². The van der Waals surface area contributed by atoms with Gasteiger partial charge in [0.2, 0.25) is 0 Å². The molecule has 0 amide bonds. The molecule has 0 heterocycles. The van der Waals surface area contributed by atoms with Crippen molar-refractivity contribution < 1.29 is 0 Å². The lowest BCUT2D eigenvalue weighted by Crippen LogP contribution is -2.28. The molecule has 1 N–H and O–H groups in total. The molecule has 0 aromatic heterocycles. The van der Waals surface area contributed by atoms with Gasteiger partial charge in [0.05, 0.1) is 0 Å². The molecule has 0 aliphatic heterocycles. The summed E-state index contributed by atoms with van der Waals surface area (Å²) in [5.41, 5.74) is 0. The second-order valence-electron chi connectivity index (χ2n) is 4.76. The average molecular weight is 200 g/mol. The van der Waals surface area contributed by atoms with Crippen molar-refractivity contribution >= 4 is 0 Å². The highest BCUT2D eigenvalue weighted by molar-refractivity contribution is 4.61. The maximum absolute atomic E-state index is 3.44. The Morgan fingerprint density at radius 2 is 1.86 bits per heavy atom. The lowest BCUT2D eigenvalue weighted by molar-refractivity contribution is 0.284. The number of nitrogens with zero attached hydrogens (tertiary/aromatic N) is 1. The molecule has 0 spiro atoms. The summed E-state index contributed by atoms with van der Waals surface area (Å²) in [7, 11) is 2.22. The van der Waals surface area contributed by atoms with Crippen molar-refractivity contribution in [2.75, 3.05) is 26.7 Å². The Morgan fingerprint density at radius 3 is 2.36 bits per heavy atom. The van der Waals surface area contributed by atoms with Gasteiger partial charge in [-0.25, -0.2) is 0 Å². The van der Waals surface area contributed by atoms with Crippen LogP contribution in [0.1, 0.15) is 40.5 Å². The van der Waals surface area contributed by atoms with E-state index in [0.29, 0.717) is 6.04 Å².